The van der Waals surface area contributed by atoms with Crippen molar-refractivity contribution in [2.75, 3.05) is 10.6 Å². The zero-order valence-electron chi connectivity index (χ0n) is 19.0. The largest absolute Gasteiger partial charge is 0.342 e. The Morgan fingerprint density at radius 3 is 2.60 bits per heavy atom. The number of benzene rings is 3. The standard InChI is InChI=1S/C27H25N5O3/c33-25(15-13-22-27(35)31-20-9-5-4-8-19(20)26(34)32-22)28-18-11-12-21-23(16-18)30-24(29-21)14-10-17-6-2-1-3-7-17/h1-9,11-12,16,22H,10,13-15H2,(H,28,33)(H,29,30)(H,31,35)(H,32,34)/t22-/m0/s1. The molecular formula is C27H25N5O3. The van der Waals surface area contributed by atoms with Gasteiger partial charge < -0.3 is 20.9 Å². The number of amides is 3. The Morgan fingerprint density at radius 1 is 0.943 bits per heavy atom. The van der Waals surface area contributed by atoms with Crippen LogP contribution in [-0.4, -0.2) is 33.7 Å². The van der Waals surface area contributed by atoms with Gasteiger partial charge in [0.25, 0.3) is 5.91 Å². The van der Waals surface area contributed by atoms with Crippen LogP contribution in [0.1, 0.15) is 34.6 Å². The molecular weight excluding hydrogens is 442 g/mol. The Balaban J connectivity index is 1.17. The number of aryl methyl sites for hydroxylation is 2. The Labute approximate surface area is 202 Å². The van der Waals surface area contributed by atoms with Crippen molar-refractivity contribution < 1.29 is 14.4 Å². The first-order chi connectivity index (χ1) is 17.0. The number of hydrogen-bond acceptors (Lipinski definition) is 4. The monoisotopic (exact) mass is 467 g/mol. The van der Waals surface area contributed by atoms with Gasteiger partial charge in [-0.2, -0.15) is 0 Å². The molecule has 1 atom stereocenters. The third-order valence-corrected chi connectivity index (χ3v) is 6.02. The number of fused-ring (bicyclic) bond motifs is 2. The van der Waals surface area contributed by atoms with Crippen LogP contribution in [0, 0.1) is 0 Å². The molecule has 8 heteroatoms. The number of aromatic nitrogens is 2. The zero-order chi connectivity index (χ0) is 24.2. The summed E-state index contributed by atoms with van der Waals surface area (Å²) in [5, 5.41) is 8.33. The number of rotatable bonds is 7. The van der Waals surface area contributed by atoms with E-state index in [2.05, 4.69) is 38.1 Å². The van der Waals surface area contributed by atoms with Crippen molar-refractivity contribution in [2.24, 2.45) is 0 Å². The number of nitrogens with one attached hydrogen (secondary N) is 4. The van der Waals surface area contributed by atoms with Crippen molar-refractivity contribution in [1.82, 2.24) is 15.3 Å². The molecule has 3 amide bonds. The van der Waals surface area contributed by atoms with Gasteiger partial charge in [0.15, 0.2) is 0 Å². The number of aromatic amines is 1. The molecule has 1 aromatic heterocycles. The number of nitrogens with zero attached hydrogens (tertiary/aromatic N) is 1. The SMILES string of the molecule is O=C(CC[C@@H]1NC(=O)c2ccccc2NC1=O)Nc1ccc2nc(CCc3ccccc3)[nH]c2c1. The van der Waals surface area contributed by atoms with Crippen LogP contribution in [0.2, 0.25) is 0 Å². The van der Waals surface area contributed by atoms with Crippen LogP contribution in [0.4, 0.5) is 11.4 Å². The van der Waals surface area contributed by atoms with Crippen molar-refractivity contribution in [3.8, 4) is 0 Å². The van der Waals surface area contributed by atoms with Crippen LogP contribution in [0.5, 0.6) is 0 Å². The van der Waals surface area contributed by atoms with Crippen molar-refractivity contribution in [2.45, 2.75) is 31.7 Å². The fourth-order valence-corrected chi connectivity index (χ4v) is 4.18. The number of carbonyl (C=O) groups excluding carboxylic acids is 3. The summed E-state index contributed by atoms with van der Waals surface area (Å²) in [4.78, 5) is 45.5. The summed E-state index contributed by atoms with van der Waals surface area (Å²) >= 11 is 0. The van der Waals surface area contributed by atoms with E-state index in [1.807, 2.05) is 30.3 Å². The molecule has 0 fully saturated rings. The molecule has 1 aliphatic rings. The Hall–Kier alpha value is -4.46. The van der Waals surface area contributed by atoms with Crippen molar-refractivity contribution in [3.63, 3.8) is 0 Å². The van der Waals surface area contributed by atoms with Gasteiger partial charge in [0.1, 0.15) is 11.9 Å². The zero-order valence-corrected chi connectivity index (χ0v) is 19.0. The highest BCUT2D eigenvalue weighted by molar-refractivity contribution is 6.10. The normalized spacial score (nSPS) is 15.1. The molecule has 0 unspecified atom stereocenters. The van der Waals surface area contributed by atoms with E-state index in [4.69, 9.17) is 0 Å². The number of carbonyl (C=O) groups is 3. The lowest BCUT2D eigenvalue weighted by Gasteiger charge is -2.14. The Kier molecular flexibility index (Phi) is 6.26. The molecule has 8 nitrogen and oxygen atoms in total. The third-order valence-electron chi connectivity index (χ3n) is 6.02. The minimum atomic E-state index is -0.789. The average Bonchev–Trinajstić information content (AvgIpc) is 3.23. The number of anilines is 2. The highest BCUT2D eigenvalue weighted by Gasteiger charge is 2.27. The van der Waals surface area contributed by atoms with Gasteiger partial charge in [0.05, 0.1) is 22.3 Å². The minimum absolute atomic E-state index is 0.0814. The second kappa shape index (κ2) is 9.80. The number of para-hydroxylation sites is 1. The lowest BCUT2D eigenvalue weighted by atomic mass is 10.1. The van der Waals surface area contributed by atoms with Gasteiger partial charge in [-0.1, -0.05) is 42.5 Å². The van der Waals surface area contributed by atoms with E-state index >= 15 is 0 Å². The highest BCUT2D eigenvalue weighted by Crippen LogP contribution is 2.21. The maximum absolute atomic E-state index is 12.6. The third kappa shape index (κ3) is 5.22. The fraction of sp³-hybridized carbons (Fsp3) is 0.185. The Bertz CT molecular complexity index is 1400. The number of H-pyrrole nitrogens is 1. The fourth-order valence-electron chi connectivity index (χ4n) is 4.18. The van der Waals surface area contributed by atoms with Gasteiger partial charge in [-0.15, -0.1) is 0 Å². The summed E-state index contributed by atoms with van der Waals surface area (Å²) in [6.45, 7) is 0. The van der Waals surface area contributed by atoms with Gasteiger partial charge >= 0.3 is 0 Å². The predicted octanol–water partition coefficient (Wildman–Crippen LogP) is 3.82. The van der Waals surface area contributed by atoms with Crippen molar-refractivity contribution >= 4 is 40.1 Å². The first-order valence-electron chi connectivity index (χ1n) is 11.6. The topological polar surface area (TPSA) is 116 Å². The van der Waals surface area contributed by atoms with Crippen LogP contribution in [-0.2, 0) is 22.4 Å². The van der Waals surface area contributed by atoms with Gasteiger partial charge in [0.2, 0.25) is 11.8 Å². The lowest BCUT2D eigenvalue weighted by Crippen LogP contribution is -2.41. The van der Waals surface area contributed by atoms with Crippen molar-refractivity contribution in [1.29, 1.82) is 0 Å². The molecule has 0 saturated heterocycles. The summed E-state index contributed by atoms with van der Waals surface area (Å²) in [5.74, 6) is -0.0180. The van der Waals surface area contributed by atoms with Crippen LogP contribution < -0.4 is 16.0 Å². The smallest absolute Gasteiger partial charge is 0.254 e. The van der Waals surface area contributed by atoms with Crippen LogP contribution >= 0.6 is 0 Å². The number of hydrogen-bond donors (Lipinski definition) is 4. The first-order valence-corrected chi connectivity index (χ1v) is 11.6. The minimum Gasteiger partial charge on any atom is -0.342 e. The van der Waals surface area contributed by atoms with E-state index in [0.29, 0.717) is 16.9 Å². The molecule has 4 N–H and O–H groups in total. The molecule has 5 rings (SSSR count). The molecule has 0 aliphatic carbocycles. The molecule has 1 aliphatic heterocycles. The molecule has 4 aromatic rings. The van der Waals surface area contributed by atoms with E-state index in [9.17, 15) is 14.4 Å². The summed E-state index contributed by atoms with van der Waals surface area (Å²) in [5.41, 5.74) is 4.45. The quantitative estimate of drug-likeness (QED) is 0.331. The number of imidazole rings is 1. The molecule has 3 aromatic carbocycles. The van der Waals surface area contributed by atoms with E-state index in [0.717, 1.165) is 29.7 Å². The van der Waals surface area contributed by atoms with Gasteiger partial charge in [-0.05, 0) is 48.7 Å². The lowest BCUT2D eigenvalue weighted by molar-refractivity contribution is -0.118. The average molecular weight is 468 g/mol. The second-order valence-corrected chi connectivity index (χ2v) is 8.55. The summed E-state index contributed by atoms with van der Waals surface area (Å²) in [6.07, 6.45) is 1.95. The molecule has 35 heavy (non-hydrogen) atoms. The maximum atomic E-state index is 12.6. The van der Waals surface area contributed by atoms with Gasteiger partial charge in [-0.25, -0.2) is 4.98 Å². The highest BCUT2D eigenvalue weighted by atomic mass is 16.2. The Morgan fingerprint density at radius 2 is 1.74 bits per heavy atom. The first kappa shape index (κ1) is 22.3. The van der Waals surface area contributed by atoms with Crippen molar-refractivity contribution in [3.05, 3.63) is 89.7 Å². The van der Waals surface area contributed by atoms with Gasteiger partial charge in [0, 0.05) is 18.5 Å². The van der Waals surface area contributed by atoms with E-state index in [1.165, 1.54) is 5.56 Å². The second-order valence-electron chi connectivity index (χ2n) is 8.55. The van der Waals surface area contributed by atoms with E-state index < -0.39 is 6.04 Å². The molecule has 0 saturated carbocycles. The summed E-state index contributed by atoms with van der Waals surface area (Å²) in [6, 6.07) is 21.8. The van der Waals surface area contributed by atoms with Crippen LogP contribution in [0.15, 0.2) is 72.8 Å². The van der Waals surface area contributed by atoms with Crippen LogP contribution in [0.3, 0.4) is 0 Å². The summed E-state index contributed by atoms with van der Waals surface area (Å²) < 4.78 is 0. The summed E-state index contributed by atoms with van der Waals surface area (Å²) in [7, 11) is 0. The predicted molar refractivity (Wildman–Crippen MR) is 134 cm³/mol. The van der Waals surface area contributed by atoms with E-state index in [-0.39, 0.29) is 30.6 Å². The maximum Gasteiger partial charge on any atom is 0.254 e. The molecule has 0 bridgehead atoms. The molecule has 2 heterocycles. The molecule has 176 valence electrons. The van der Waals surface area contributed by atoms with Crippen LogP contribution in [0.25, 0.3) is 11.0 Å². The van der Waals surface area contributed by atoms with E-state index in [1.54, 1.807) is 30.3 Å². The van der Waals surface area contributed by atoms with Gasteiger partial charge in [-0.3, -0.25) is 14.4 Å². The molecule has 0 radical (unpaired) electrons. The molecule has 0 spiro atoms.